The molecule has 0 amide bonds. The first-order chi connectivity index (χ1) is 13.1. The van der Waals surface area contributed by atoms with Crippen LogP contribution in [0.4, 0.5) is 17.3 Å². The number of hydrogen-bond acceptors (Lipinski definition) is 5. The molecule has 6 heteroatoms. The van der Waals surface area contributed by atoms with Crippen LogP contribution in [0.15, 0.2) is 66.9 Å². The van der Waals surface area contributed by atoms with Crippen molar-refractivity contribution in [2.75, 3.05) is 18.2 Å². The maximum atomic E-state index is 5.96. The van der Waals surface area contributed by atoms with Gasteiger partial charge in [-0.3, -0.25) is 0 Å². The average Bonchev–Trinajstić information content (AvgIpc) is 2.69. The van der Waals surface area contributed by atoms with Crippen molar-refractivity contribution in [3.8, 4) is 16.9 Å². The Morgan fingerprint density at radius 3 is 2.70 bits per heavy atom. The predicted octanol–water partition coefficient (Wildman–Crippen LogP) is 5.24. The lowest BCUT2D eigenvalue weighted by Crippen LogP contribution is -2.00. The SMILES string of the molecule is COc1cc(I)ccc1Nc1ncc2cccc(-c3cccc(N)c3)c2n1. The van der Waals surface area contributed by atoms with E-state index >= 15 is 0 Å². The minimum atomic E-state index is 0.512. The van der Waals surface area contributed by atoms with E-state index in [1.54, 1.807) is 7.11 Å². The van der Waals surface area contributed by atoms with E-state index in [2.05, 4.69) is 32.9 Å². The molecule has 0 spiro atoms. The maximum absolute atomic E-state index is 5.96. The van der Waals surface area contributed by atoms with Gasteiger partial charge in [-0.1, -0.05) is 30.3 Å². The first-order valence-electron chi connectivity index (χ1n) is 8.36. The summed E-state index contributed by atoms with van der Waals surface area (Å²) >= 11 is 2.25. The standard InChI is InChI=1S/C21H17IN4O/c1-27-19-11-15(22)8-9-18(19)25-21-24-12-14-5-3-7-17(20(14)26-21)13-4-2-6-16(23)10-13/h2-12H,23H2,1H3,(H,24,25,26). The molecule has 0 fully saturated rings. The molecule has 0 bridgehead atoms. The highest BCUT2D eigenvalue weighted by Gasteiger charge is 2.10. The zero-order valence-electron chi connectivity index (χ0n) is 14.6. The quantitative estimate of drug-likeness (QED) is 0.317. The van der Waals surface area contributed by atoms with Crippen molar-refractivity contribution in [1.82, 2.24) is 9.97 Å². The summed E-state index contributed by atoms with van der Waals surface area (Å²) in [4.78, 5) is 9.20. The number of fused-ring (bicyclic) bond motifs is 1. The van der Waals surface area contributed by atoms with Gasteiger partial charge in [-0.05, 0) is 58.5 Å². The first-order valence-corrected chi connectivity index (χ1v) is 9.44. The molecule has 3 aromatic carbocycles. The number of para-hydroxylation sites is 1. The fraction of sp³-hybridized carbons (Fsp3) is 0.0476. The van der Waals surface area contributed by atoms with Gasteiger partial charge < -0.3 is 15.8 Å². The van der Waals surface area contributed by atoms with E-state index in [1.807, 2.05) is 66.9 Å². The average molecular weight is 468 g/mol. The van der Waals surface area contributed by atoms with Crippen LogP contribution in [0, 0.1) is 3.57 Å². The number of nitrogen functional groups attached to an aromatic ring is 1. The molecule has 0 aliphatic rings. The number of nitrogens with two attached hydrogens (primary N) is 1. The molecule has 1 aromatic heterocycles. The molecule has 0 saturated carbocycles. The minimum absolute atomic E-state index is 0.512. The van der Waals surface area contributed by atoms with Crippen LogP contribution in [0.5, 0.6) is 5.75 Å². The molecule has 4 aromatic rings. The van der Waals surface area contributed by atoms with Gasteiger partial charge in [0.05, 0.1) is 18.3 Å². The normalized spacial score (nSPS) is 10.7. The van der Waals surface area contributed by atoms with Crippen LogP contribution in [0.25, 0.3) is 22.0 Å². The van der Waals surface area contributed by atoms with Crippen molar-refractivity contribution in [3.63, 3.8) is 0 Å². The number of methoxy groups -OCH3 is 1. The summed E-state index contributed by atoms with van der Waals surface area (Å²) < 4.78 is 6.55. The summed E-state index contributed by atoms with van der Waals surface area (Å²) in [5.41, 5.74) is 10.4. The third-order valence-corrected chi connectivity index (χ3v) is 4.89. The Kier molecular flexibility index (Phi) is 4.81. The van der Waals surface area contributed by atoms with Gasteiger partial charge in [-0.2, -0.15) is 0 Å². The van der Waals surface area contributed by atoms with Crippen molar-refractivity contribution in [2.45, 2.75) is 0 Å². The predicted molar refractivity (Wildman–Crippen MR) is 118 cm³/mol. The lowest BCUT2D eigenvalue weighted by molar-refractivity contribution is 0.416. The van der Waals surface area contributed by atoms with Crippen LogP contribution < -0.4 is 15.8 Å². The van der Waals surface area contributed by atoms with Gasteiger partial charge in [0.15, 0.2) is 0 Å². The van der Waals surface area contributed by atoms with Gasteiger partial charge in [-0.25, -0.2) is 9.97 Å². The molecule has 134 valence electrons. The third kappa shape index (κ3) is 3.66. The summed E-state index contributed by atoms with van der Waals surface area (Å²) in [5.74, 6) is 1.26. The lowest BCUT2D eigenvalue weighted by atomic mass is 10.0. The zero-order chi connectivity index (χ0) is 18.8. The molecule has 0 aliphatic heterocycles. The molecule has 5 nitrogen and oxygen atoms in total. The highest BCUT2D eigenvalue weighted by atomic mass is 127. The lowest BCUT2D eigenvalue weighted by Gasteiger charge is -2.12. The second-order valence-corrected chi connectivity index (χ2v) is 7.28. The molecule has 1 heterocycles. The van der Waals surface area contributed by atoms with Crippen molar-refractivity contribution in [3.05, 3.63) is 70.4 Å². The number of nitrogens with zero attached hydrogens (tertiary/aromatic N) is 2. The van der Waals surface area contributed by atoms with Gasteiger partial charge in [0.1, 0.15) is 5.75 Å². The Hall–Kier alpha value is -2.87. The largest absolute Gasteiger partial charge is 0.495 e. The number of nitrogens with one attached hydrogen (secondary N) is 1. The molecule has 0 radical (unpaired) electrons. The molecular weight excluding hydrogens is 451 g/mol. The Balaban J connectivity index is 1.79. The van der Waals surface area contributed by atoms with E-state index in [-0.39, 0.29) is 0 Å². The number of benzene rings is 3. The van der Waals surface area contributed by atoms with Crippen LogP contribution in [-0.4, -0.2) is 17.1 Å². The van der Waals surface area contributed by atoms with Crippen LogP contribution in [0.3, 0.4) is 0 Å². The second kappa shape index (κ2) is 7.40. The van der Waals surface area contributed by atoms with Crippen LogP contribution in [0.1, 0.15) is 0 Å². The fourth-order valence-corrected chi connectivity index (χ4v) is 3.41. The zero-order valence-corrected chi connectivity index (χ0v) is 16.8. The van der Waals surface area contributed by atoms with E-state index in [1.165, 1.54) is 0 Å². The first kappa shape index (κ1) is 17.5. The highest BCUT2D eigenvalue weighted by Crippen LogP contribution is 2.31. The van der Waals surface area contributed by atoms with Crippen molar-refractivity contribution >= 4 is 50.8 Å². The molecular formula is C21H17IN4O. The second-order valence-electron chi connectivity index (χ2n) is 6.03. The van der Waals surface area contributed by atoms with Gasteiger partial charge in [0, 0.05) is 26.4 Å². The third-order valence-electron chi connectivity index (χ3n) is 4.22. The van der Waals surface area contributed by atoms with E-state index in [4.69, 9.17) is 15.5 Å². The maximum Gasteiger partial charge on any atom is 0.227 e. The van der Waals surface area contributed by atoms with Gasteiger partial charge in [0.2, 0.25) is 5.95 Å². The van der Waals surface area contributed by atoms with Gasteiger partial charge in [0.25, 0.3) is 0 Å². The van der Waals surface area contributed by atoms with Crippen LogP contribution >= 0.6 is 22.6 Å². The molecule has 0 atom stereocenters. The smallest absolute Gasteiger partial charge is 0.227 e. The minimum Gasteiger partial charge on any atom is -0.495 e. The van der Waals surface area contributed by atoms with Crippen molar-refractivity contribution < 1.29 is 4.74 Å². The van der Waals surface area contributed by atoms with Gasteiger partial charge in [-0.15, -0.1) is 0 Å². The number of hydrogen-bond donors (Lipinski definition) is 2. The van der Waals surface area contributed by atoms with Crippen LogP contribution in [-0.2, 0) is 0 Å². The number of aromatic nitrogens is 2. The van der Waals surface area contributed by atoms with Gasteiger partial charge >= 0.3 is 0 Å². The molecule has 0 aliphatic carbocycles. The Morgan fingerprint density at radius 2 is 1.89 bits per heavy atom. The summed E-state index contributed by atoms with van der Waals surface area (Å²) in [6, 6.07) is 19.8. The number of rotatable bonds is 4. The molecule has 3 N–H and O–H groups in total. The van der Waals surface area contributed by atoms with E-state index in [0.29, 0.717) is 5.95 Å². The summed E-state index contributed by atoms with van der Waals surface area (Å²) in [6.45, 7) is 0. The van der Waals surface area contributed by atoms with E-state index in [0.717, 1.165) is 42.7 Å². The van der Waals surface area contributed by atoms with E-state index < -0.39 is 0 Å². The molecule has 27 heavy (non-hydrogen) atoms. The topological polar surface area (TPSA) is 73.1 Å². The van der Waals surface area contributed by atoms with Crippen LogP contribution in [0.2, 0.25) is 0 Å². The monoisotopic (exact) mass is 468 g/mol. The molecule has 4 rings (SSSR count). The summed E-state index contributed by atoms with van der Waals surface area (Å²) in [6.07, 6.45) is 1.82. The Morgan fingerprint density at radius 1 is 1.04 bits per heavy atom. The fourth-order valence-electron chi connectivity index (χ4n) is 2.94. The summed E-state index contributed by atoms with van der Waals surface area (Å²) in [7, 11) is 1.65. The number of anilines is 3. The Labute approximate surface area is 170 Å². The number of ether oxygens (including phenoxy) is 1. The highest BCUT2D eigenvalue weighted by molar-refractivity contribution is 14.1. The van der Waals surface area contributed by atoms with E-state index in [9.17, 15) is 0 Å². The summed E-state index contributed by atoms with van der Waals surface area (Å²) in [5, 5.41) is 4.23. The van der Waals surface area contributed by atoms with Crippen molar-refractivity contribution in [1.29, 1.82) is 0 Å². The molecule has 0 unspecified atom stereocenters. The Bertz CT molecular complexity index is 1130. The number of halogens is 1. The molecule has 0 saturated heterocycles. The van der Waals surface area contributed by atoms with Crippen molar-refractivity contribution in [2.24, 2.45) is 0 Å².